The van der Waals surface area contributed by atoms with Gasteiger partial charge in [-0.15, -0.1) is 11.3 Å². The highest BCUT2D eigenvalue weighted by atomic mass is 79.9. The Kier molecular flexibility index (Phi) is 3.54. The molecule has 0 aromatic carbocycles. The molecular weight excluding hydrogens is 264 g/mol. The van der Waals surface area contributed by atoms with Gasteiger partial charge in [0.25, 0.3) is 0 Å². The summed E-state index contributed by atoms with van der Waals surface area (Å²) in [5.41, 5.74) is 6.57. The van der Waals surface area contributed by atoms with Gasteiger partial charge in [0.2, 0.25) is 0 Å². The molecule has 1 aliphatic rings. The van der Waals surface area contributed by atoms with E-state index in [1.54, 1.807) is 11.3 Å². The van der Waals surface area contributed by atoms with E-state index in [2.05, 4.69) is 20.9 Å². The van der Waals surface area contributed by atoms with Crippen LogP contribution in [0.1, 0.15) is 29.5 Å². The lowest BCUT2D eigenvalue weighted by molar-refractivity contribution is 0.0852. The Morgan fingerprint density at radius 2 is 2.21 bits per heavy atom. The smallest absolute Gasteiger partial charge is 0.0973 e. The first kappa shape index (κ1) is 10.5. The Labute approximate surface area is 95.8 Å². The first-order valence-corrected chi connectivity index (χ1v) is 6.35. The van der Waals surface area contributed by atoms with E-state index in [0.29, 0.717) is 12.5 Å². The molecule has 1 aromatic rings. The van der Waals surface area contributed by atoms with E-state index < -0.39 is 0 Å². The number of halogens is 1. The molecule has 2 N–H and O–H groups in total. The molecule has 0 bridgehead atoms. The van der Waals surface area contributed by atoms with Crippen molar-refractivity contribution in [1.29, 1.82) is 0 Å². The molecule has 0 spiro atoms. The Morgan fingerprint density at radius 1 is 1.50 bits per heavy atom. The van der Waals surface area contributed by atoms with Gasteiger partial charge in [0, 0.05) is 25.7 Å². The van der Waals surface area contributed by atoms with E-state index in [-0.39, 0.29) is 0 Å². The van der Waals surface area contributed by atoms with Crippen LogP contribution >= 0.6 is 27.3 Å². The molecule has 14 heavy (non-hydrogen) atoms. The topological polar surface area (TPSA) is 48.1 Å². The van der Waals surface area contributed by atoms with Crippen LogP contribution in [0.15, 0.2) is 3.79 Å². The molecule has 0 aliphatic carbocycles. The standard InChI is InChI=1S/C9H13BrN2OS/c10-8-7(5-11)12-9(14-8)6-1-3-13-4-2-6/h6H,1-5,11H2. The molecule has 1 aromatic heterocycles. The molecule has 1 saturated heterocycles. The van der Waals surface area contributed by atoms with Crippen LogP contribution in [0.2, 0.25) is 0 Å². The number of nitrogens with zero attached hydrogens (tertiary/aromatic N) is 1. The molecule has 5 heteroatoms. The predicted molar refractivity (Wildman–Crippen MR) is 60.5 cm³/mol. The van der Waals surface area contributed by atoms with Crippen molar-refractivity contribution in [3.05, 3.63) is 14.5 Å². The average molecular weight is 277 g/mol. The summed E-state index contributed by atoms with van der Waals surface area (Å²) < 4.78 is 6.41. The Balaban J connectivity index is 2.14. The van der Waals surface area contributed by atoms with Crippen LogP contribution in [0, 0.1) is 0 Å². The Bertz CT molecular complexity index is 310. The number of hydrogen-bond donors (Lipinski definition) is 1. The van der Waals surface area contributed by atoms with Crippen molar-refractivity contribution < 1.29 is 4.74 Å². The number of ether oxygens (including phenoxy) is 1. The molecule has 78 valence electrons. The Morgan fingerprint density at radius 3 is 2.79 bits per heavy atom. The van der Waals surface area contributed by atoms with Crippen molar-refractivity contribution in [2.45, 2.75) is 25.3 Å². The lowest BCUT2D eigenvalue weighted by Gasteiger charge is -2.19. The SMILES string of the molecule is NCc1nc(C2CCOCC2)sc1Br. The summed E-state index contributed by atoms with van der Waals surface area (Å²) in [5, 5.41) is 1.21. The van der Waals surface area contributed by atoms with Crippen LogP contribution in [0.3, 0.4) is 0 Å². The summed E-state index contributed by atoms with van der Waals surface area (Å²) in [6.07, 6.45) is 2.17. The lowest BCUT2D eigenvalue weighted by Crippen LogP contribution is -2.14. The molecule has 0 radical (unpaired) electrons. The predicted octanol–water partition coefficient (Wildman–Crippen LogP) is 2.26. The first-order valence-electron chi connectivity index (χ1n) is 4.74. The van der Waals surface area contributed by atoms with Gasteiger partial charge in [0.05, 0.1) is 14.5 Å². The zero-order chi connectivity index (χ0) is 9.97. The van der Waals surface area contributed by atoms with E-state index >= 15 is 0 Å². The van der Waals surface area contributed by atoms with Gasteiger partial charge in [0.1, 0.15) is 0 Å². The van der Waals surface area contributed by atoms with Crippen LogP contribution in [-0.2, 0) is 11.3 Å². The van der Waals surface area contributed by atoms with Crippen LogP contribution < -0.4 is 5.73 Å². The first-order chi connectivity index (χ1) is 6.81. The zero-order valence-electron chi connectivity index (χ0n) is 7.83. The maximum atomic E-state index is 5.58. The summed E-state index contributed by atoms with van der Waals surface area (Å²) in [5.74, 6) is 0.574. The fourth-order valence-electron chi connectivity index (χ4n) is 1.60. The summed E-state index contributed by atoms with van der Waals surface area (Å²) in [6, 6.07) is 0. The van der Waals surface area contributed by atoms with Gasteiger partial charge in [-0.05, 0) is 28.8 Å². The highest BCUT2D eigenvalue weighted by Crippen LogP contribution is 2.34. The third kappa shape index (κ3) is 2.16. The highest BCUT2D eigenvalue weighted by molar-refractivity contribution is 9.11. The van der Waals surface area contributed by atoms with Gasteiger partial charge in [-0.25, -0.2) is 4.98 Å². The second-order valence-corrected chi connectivity index (χ2v) is 5.71. The quantitative estimate of drug-likeness (QED) is 0.902. The molecule has 0 atom stereocenters. The molecule has 1 fully saturated rings. The number of hydrogen-bond acceptors (Lipinski definition) is 4. The number of thiazole rings is 1. The minimum absolute atomic E-state index is 0.514. The van der Waals surface area contributed by atoms with Crippen molar-refractivity contribution in [3.8, 4) is 0 Å². The fraction of sp³-hybridized carbons (Fsp3) is 0.667. The normalized spacial score (nSPS) is 18.7. The summed E-state index contributed by atoms with van der Waals surface area (Å²) in [6.45, 7) is 2.24. The second kappa shape index (κ2) is 4.70. The molecule has 0 amide bonds. The minimum Gasteiger partial charge on any atom is -0.381 e. The highest BCUT2D eigenvalue weighted by Gasteiger charge is 2.20. The second-order valence-electron chi connectivity index (χ2n) is 3.36. The van der Waals surface area contributed by atoms with Crippen molar-refractivity contribution in [1.82, 2.24) is 4.98 Å². The third-order valence-corrected chi connectivity index (χ3v) is 4.42. The molecule has 1 aliphatic heterocycles. The van der Waals surface area contributed by atoms with Gasteiger partial charge in [-0.2, -0.15) is 0 Å². The average Bonchev–Trinajstić information content (AvgIpc) is 2.61. The fourth-order valence-corrected chi connectivity index (χ4v) is 3.33. The van der Waals surface area contributed by atoms with Crippen LogP contribution in [0.4, 0.5) is 0 Å². The molecule has 3 nitrogen and oxygen atoms in total. The number of rotatable bonds is 2. The zero-order valence-corrected chi connectivity index (χ0v) is 10.2. The van der Waals surface area contributed by atoms with Crippen molar-refractivity contribution >= 4 is 27.3 Å². The van der Waals surface area contributed by atoms with Gasteiger partial charge < -0.3 is 10.5 Å². The molecule has 0 saturated carbocycles. The number of nitrogens with two attached hydrogens (primary N) is 1. The van der Waals surface area contributed by atoms with Gasteiger partial charge in [0.15, 0.2) is 0 Å². The monoisotopic (exact) mass is 276 g/mol. The lowest BCUT2D eigenvalue weighted by atomic mass is 10.0. The number of aromatic nitrogens is 1. The van der Waals surface area contributed by atoms with Crippen molar-refractivity contribution in [2.75, 3.05) is 13.2 Å². The molecule has 2 rings (SSSR count). The van der Waals surface area contributed by atoms with Crippen LogP contribution in [0.5, 0.6) is 0 Å². The van der Waals surface area contributed by atoms with Gasteiger partial charge in [-0.3, -0.25) is 0 Å². The van der Waals surface area contributed by atoms with E-state index in [4.69, 9.17) is 10.5 Å². The molecule has 2 heterocycles. The summed E-state index contributed by atoms with van der Waals surface area (Å²) in [7, 11) is 0. The van der Waals surface area contributed by atoms with E-state index in [1.807, 2.05) is 0 Å². The summed E-state index contributed by atoms with van der Waals surface area (Å²) in [4.78, 5) is 4.54. The van der Waals surface area contributed by atoms with Gasteiger partial charge >= 0.3 is 0 Å². The largest absolute Gasteiger partial charge is 0.381 e. The van der Waals surface area contributed by atoms with Crippen LogP contribution in [0.25, 0.3) is 0 Å². The van der Waals surface area contributed by atoms with E-state index in [1.165, 1.54) is 5.01 Å². The van der Waals surface area contributed by atoms with E-state index in [9.17, 15) is 0 Å². The third-order valence-electron chi connectivity index (χ3n) is 2.43. The minimum atomic E-state index is 0.514. The van der Waals surface area contributed by atoms with Crippen molar-refractivity contribution in [2.24, 2.45) is 5.73 Å². The van der Waals surface area contributed by atoms with Crippen LogP contribution in [-0.4, -0.2) is 18.2 Å². The van der Waals surface area contributed by atoms with E-state index in [0.717, 1.165) is 35.5 Å². The molecule has 0 unspecified atom stereocenters. The maximum Gasteiger partial charge on any atom is 0.0973 e. The summed E-state index contributed by atoms with van der Waals surface area (Å²) >= 11 is 5.20. The molecular formula is C9H13BrN2OS. The van der Waals surface area contributed by atoms with Crippen molar-refractivity contribution in [3.63, 3.8) is 0 Å². The van der Waals surface area contributed by atoms with Gasteiger partial charge in [-0.1, -0.05) is 0 Å². The Hall–Kier alpha value is 0.0300. The maximum absolute atomic E-state index is 5.58.